The van der Waals surface area contributed by atoms with Crippen molar-refractivity contribution in [2.75, 3.05) is 6.61 Å². The molecule has 0 fully saturated rings. The van der Waals surface area contributed by atoms with Gasteiger partial charge in [0.25, 0.3) is 0 Å². The van der Waals surface area contributed by atoms with Crippen LogP contribution in [0.3, 0.4) is 0 Å². The summed E-state index contributed by atoms with van der Waals surface area (Å²) in [5.41, 5.74) is 0.695. The number of nitrogens with one attached hydrogen (secondary N) is 3. The number of amides is 2. The molecule has 1 rings (SSSR count). The van der Waals surface area contributed by atoms with E-state index >= 15 is 0 Å². The van der Waals surface area contributed by atoms with Crippen LogP contribution in [0.1, 0.15) is 26.5 Å². The van der Waals surface area contributed by atoms with E-state index in [0.717, 1.165) is 0 Å². The van der Waals surface area contributed by atoms with Crippen molar-refractivity contribution in [2.45, 2.75) is 39.3 Å². The standard InChI is InChI=1S/C13H20N4O4/c1-4-21-13(20)11(5-10-6-14-7-15-10)17-12(19)8(2)16-9(3)18/h6-8,11H,4-5H2,1-3H3,(H,14,15)(H,16,18)(H,17,19)/t8-,11-/m0/s1. The average molecular weight is 296 g/mol. The van der Waals surface area contributed by atoms with Gasteiger partial charge >= 0.3 is 5.97 Å². The van der Waals surface area contributed by atoms with Gasteiger partial charge in [0.15, 0.2) is 0 Å². The summed E-state index contributed by atoms with van der Waals surface area (Å²) in [4.78, 5) is 41.5. The van der Waals surface area contributed by atoms with Gasteiger partial charge in [-0.15, -0.1) is 0 Å². The second-order valence-corrected chi connectivity index (χ2v) is 4.52. The normalized spacial score (nSPS) is 13.1. The summed E-state index contributed by atoms with van der Waals surface area (Å²) in [6.07, 6.45) is 3.28. The SMILES string of the molecule is CCOC(=O)[C@H](Cc1cnc[nH]1)NC(=O)[C@H](C)NC(C)=O. The van der Waals surface area contributed by atoms with Crippen molar-refractivity contribution < 1.29 is 19.1 Å². The fourth-order valence-electron chi connectivity index (χ4n) is 1.72. The molecule has 0 unspecified atom stereocenters. The number of aromatic nitrogens is 2. The Bertz CT molecular complexity index is 486. The Labute approximate surface area is 122 Å². The zero-order chi connectivity index (χ0) is 15.8. The van der Waals surface area contributed by atoms with Gasteiger partial charge in [-0.3, -0.25) is 9.59 Å². The third-order valence-corrected chi connectivity index (χ3v) is 2.68. The van der Waals surface area contributed by atoms with E-state index in [2.05, 4.69) is 20.6 Å². The van der Waals surface area contributed by atoms with Crippen LogP contribution in [0, 0.1) is 0 Å². The summed E-state index contributed by atoms with van der Waals surface area (Å²) in [6, 6.07) is -1.57. The topological polar surface area (TPSA) is 113 Å². The van der Waals surface area contributed by atoms with Gasteiger partial charge in [0.1, 0.15) is 12.1 Å². The second kappa shape index (κ2) is 8.03. The van der Waals surface area contributed by atoms with E-state index in [0.29, 0.717) is 5.69 Å². The van der Waals surface area contributed by atoms with Crippen molar-refractivity contribution in [1.29, 1.82) is 0 Å². The average Bonchev–Trinajstić information content (AvgIpc) is 2.90. The number of carbonyl (C=O) groups excluding carboxylic acids is 3. The van der Waals surface area contributed by atoms with Gasteiger partial charge in [0, 0.05) is 25.2 Å². The smallest absolute Gasteiger partial charge is 0.329 e. The number of rotatable bonds is 7. The van der Waals surface area contributed by atoms with Crippen molar-refractivity contribution in [1.82, 2.24) is 20.6 Å². The molecule has 2 atom stereocenters. The molecule has 0 bridgehead atoms. The van der Waals surface area contributed by atoms with Gasteiger partial charge < -0.3 is 20.4 Å². The number of ether oxygens (including phenoxy) is 1. The molecule has 0 aliphatic rings. The maximum absolute atomic E-state index is 12.0. The molecule has 0 aromatic carbocycles. The van der Waals surface area contributed by atoms with Crippen LogP contribution in [0.2, 0.25) is 0 Å². The number of aromatic amines is 1. The van der Waals surface area contributed by atoms with E-state index in [9.17, 15) is 14.4 Å². The molecule has 1 heterocycles. The number of hydrogen-bond acceptors (Lipinski definition) is 5. The zero-order valence-corrected chi connectivity index (χ0v) is 12.3. The molecule has 3 N–H and O–H groups in total. The predicted octanol–water partition coefficient (Wildman–Crippen LogP) is -0.475. The molecule has 8 nitrogen and oxygen atoms in total. The fraction of sp³-hybridized carbons (Fsp3) is 0.538. The van der Waals surface area contributed by atoms with Crippen LogP contribution in [0.25, 0.3) is 0 Å². The first kappa shape index (κ1) is 16.7. The number of esters is 1. The number of nitrogens with zero attached hydrogens (tertiary/aromatic N) is 1. The maximum atomic E-state index is 12.0. The Balaban J connectivity index is 2.70. The second-order valence-electron chi connectivity index (χ2n) is 4.52. The van der Waals surface area contributed by atoms with E-state index in [1.807, 2.05) is 0 Å². The molecule has 0 radical (unpaired) electrons. The van der Waals surface area contributed by atoms with Crippen LogP contribution in [0.4, 0.5) is 0 Å². The first-order valence-electron chi connectivity index (χ1n) is 6.65. The summed E-state index contributed by atoms with van der Waals surface area (Å²) in [5.74, 6) is -1.31. The van der Waals surface area contributed by atoms with Crippen LogP contribution >= 0.6 is 0 Å². The van der Waals surface area contributed by atoms with Crippen LogP contribution in [0.5, 0.6) is 0 Å². The van der Waals surface area contributed by atoms with Gasteiger partial charge in [-0.05, 0) is 13.8 Å². The molecular formula is C13H20N4O4. The molecule has 0 saturated heterocycles. The molecule has 116 valence electrons. The highest BCUT2D eigenvalue weighted by Crippen LogP contribution is 2.01. The third kappa shape index (κ3) is 5.64. The first-order valence-corrected chi connectivity index (χ1v) is 6.65. The van der Waals surface area contributed by atoms with Crippen molar-refractivity contribution in [2.24, 2.45) is 0 Å². The molecule has 2 amide bonds. The number of carbonyl (C=O) groups is 3. The lowest BCUT2D eigenvalue weighted by Crippen LogP contribution is -2.51. The Kier molecular flexibility index (Phi) is 6.38. The van der Waals surface area contributed by atoms with Crippen molar-refractivity contribution >= 4 is 17.8 Å². The molecule has 1 aromatic heterocycles. The molecule has 0 spiro atoms. The molecule has 0 aliphatic heterocycles. The summed E-state index contributed by atoms with van der Waals surface area (Å²) in [6.45, 7) is 4.76. The Morgan fingerprint density at radius 3 is 2.62 bits per heavy atom. The van der Waals surface area contributed by atoms with Crippen LogP contribution in [0.15, 0.2) is 12.5 Å². The Hall–Kier alpha value is -2.38. The molecule has 21 heavy (non-hydrogen) atoms. The lowest BCUT2D eigenvalue weighted by molar-refractivity contribution is -0.147. The molecule has 1 aromatic rings. The van der Waals surface area contributed by atoms with Gasteiger partial charge in [-0.1, -0.05) is 0 Å². The highest BCUT2D eigenvalue weighted by atomic mass is 16.5. The number of H-pyrrole nitrogens is 1. The Morgan fingerprint density at radius 2 is 2.10 bits per heavy atom. The van der Waals surface area contributed by atoms with Gasteiger partial charge in [0.05, 0.1) is 12.9 Å². The zero-order valence-electron chi connectivity index (χ0n) is 12.3. The van der Waals surface area contributed by atoms with E-state index < -0.39 is 24.0 Å². The monoisotopic (exact) mass is 296 g/mol. The maximum Gasteiger partial charge on any atom is 0.329 e. The summed E-state index contributed by atoms with van der Waals surface area (Å²) in [5, 5.41) is 5.02. The Morgan fingerprint density at radius 1 is 1.38 bits per heavy atom. The summed E-state index contributed by atoms with van der Waals surface area (Å²) < 4.78 is 4.94. The van der Waals surface area contributed by atoms with Crippen LogP contribution in [-0.2, 0) is 25.5 Å². The van der Waals surface area contributed by atoms with Crippen molar-refractivity contribution in [3.05, 3.63) is 18.2 Å². The number of imidazole rings is 1. The third-order valence-electron chi connectivity index (χ3n) is 2.68. The van der Waals surface area contributed by atoms with Crippen molar-refractivity contribution in [3.63, 3.8) is 0 Å². The quantitative estimate of drug-likeness (QED) is 0.588. The largest absolute Gasteiger partial charge is 0.464 e. The minimum Gasteiger partial charge on any atom is -0.464 e. The van der Waals surface area contributed by atoms with Gasteiger partial charge in [0.2, 0.25) is 11.8 Å². The van der Waals surface area contributed by atoms with E-state index in [1.165, 1.54) is 20.2 Å². The van der Waals surface area contributed by atoms with Crippen molar-refractivity contribution in [3.8, 4) is 0 Å². The molecule has 0 saturated carbocycles. The minimum atomic E-state index is -0.839. The van der Waals surface area contributed by atoms with Gasteiger partial charge in [-0.2, -0.15) is 0 Å². The van der Waals surface area contributed by atoms with E-state index in [4.69, 9.17) is 4.74 Å². The highest BCUT2D eigenvalue weighted by Gasteiger charge is 2.25. The van der Waals surface area contributed by atoms with Gasteiger partial charge in [-0.25, -0.2) is 9.78 Å². The molecular weight excluding hydrogens is 276 g/mol. The lowest BCUT2D eigenvalue weighted by Gasteiger charge is -2.19. The fourth-order valence-corrected chi connectivity index (χ4v) is 1.72. The lowest BCUT2D eigenvalue weighted by atomic mass is 10.1. The first-order chi connectivity index (χ1) is 9.93. The predicted molar refractivity (Wildman–Crippen MR) is 74.1 cm³/mol. The number of hydrogen-bond donors (Lipinski definition) is 3. The van der Waals surface area contributed by atoms with Crippen LogP contribution in [-0.4, -0.2) is 46.4 Å². The molecule has 0 aliphatic carbocycles. The molecule has 8 heteroatoms. The van der Waals surface area contributed by atoms with E-state index in [-0.39, 0.29) is 18.9 Å². The van der Waals surface area contributed by atoms with E-state index in [1.54, 1.807) is 13.1 Å². The summed E-state index contributed by atoms with van der Waals surface area (Å²) >= 11 is 0. The minimum absolute atomic E-state index is 0.218. The summed E-state index contributed by atoms with van der Waals surface area (Å²) in [7, 11) is 0. The highest BCUT2D eigenvalue weighted by molar-refractivity contribution is 5.90. The van der Waals surface area contributed by atoms with Crippen LogP contribution < -0.4 is 10.6 Å².